The van der Waals surface area contributed by atoms with Crippen LogP contribution in [0.1, 0.15) is 58.8 Å². The van der Waals surface area contributed by atoms with Gasteiger partial charge in [-0.05, 0) is 53.0 Å². The van der Waals surface area contributed by atoms with E-state index in [1.165, 1.54) is 6.42 Å². The molecule has 116 valence electrons. The number of aliphatic hydroxyl groups excluding tert-OH is 1. The Morgan fingerprint density at radius 2 is 1.70 bits per heavy atom. The Kier molecular flexibility index (Phi) is 5.44. The Hall–Kier alpha value is -0.610. The first kappa shape index (κ1) is 15.8. The van der Waals surface area contributed by atoms with Crippen LogP contribution < -0.4 is 0 Å². The number of carbonyl (C=O) groups is 1. The molecule has 20 heavy (non-hydrogen) atoms. The highest BCUT2D eigenvalue weighted by Crippen LogP contribution is 2.25. The lowest BCUT2D eigenvalue weighted by molar-refractivity contribution is -0.139. The molecule has 1 heterocycles. The lowest BCUT2D eigenvalue weighted by Gasteiger charge is -2.41. The van der Waals surface area contributed by atoms with Crippen molar-refractivity contribution in [2.24, 2.45) is 0 Å². The van der Waals surface area contributed by atoms with Crippen LogP contribution in [0.25, 0.3) is 0 Å². The van der Waals surface area contributed by atoms with Crippen LogP contribution in [0.5, 0.6) is 0 Å². The van der Waals surface area contributed by atoms with E-state index in [1.807, 2.05) is 7.05 Å². The van der Waals surface area contributed by atoms with E-state index >= 15 is 0 Å². The van der Waals surface area contributed by atoms with Gasteiger partial charge in [0.25, 0.3) is 0 Å². The molecular formula is C16H30N2O2. The standard InChI is InChI=1S/C16H30N2O2/c1-12-7-6-8-13(2)18(12)16(20)11-17(3)14-9-4-5-10-15(14)19/h12-15,19H,4-11H2,1-3H3. The molecule has 0 aromatic rings. The van der Waals surface area contributed by atoms with Gasteiger partial charge < -0.3 is 10.0 Å². The molecule has 2 aliphatic rings. The van der Waals surface area contributed by atoms with Gasteiger partial charge in [0.2, 0.25) is 5.91 Å². The third-order valence-corrected chi connectivity index (χ3v) is 5.13. The van der Waals surface area contributed by atoms with Crippen molar-refractivity contribution in [3.63, 3.8) is 0 Å². The smallest absolute Gasteiger partial charge is 0.237 e. The van der Waals surface area contributed by atoms with E-state index in [0.29, 0.717) is 18.6 Å². The van der Waals surface area contributed by atoms with E-state index in [9.17, 15) is 9.90 Å². The lowest BCUT2D eigenvalue weighted by Crippen LogP contribution is -2.53. The van der Waals surface area contributed by atoms with E-state index in [2.05, 4.69) is 23.6 Å². The number of hydrogen-bond donors (Lipinski definition) is 1. The van der Waals surface area contributed by atoms with Gasteiger partial charge in [-0.15, -0.1) is 0 Å². The maximum atomic E-state index is 12.6. The zero-order chi connectivity index (χ0) is 14.7. The molecule has 4 nitrogen and oxygen atoms in total. The molecule has 1 saturated carbocycles. The second kappa shape index (κ2) is 6.90. The zero-order valence-electron chi connectivity index (χ0n) is 13.2. The monoisotopic (exact) mass is 282 g/mol. The minimum atomic E-state index is -0.266. The molecular weight excluding hydrogens is 252 g/mol. The van der Waals surface area contributed by atoms with Crippen molar-refractivity contribution < 1.29 is 9.90 Å². The Balaban J connectivity index is 1.92. The zero-order valence-corrected chi connectivity index (χ0v) is 13.2. The topological polar surface area (TPSA) is 43.8 Å². The summed E-state index contributed by atoms with van der Waals surface area (Å²) in [7, 11) is 1.98. The van der Waals surface area contributed by atoms with Crippen LogP contribution in [0.2, 0.25) is 0 Å². The van der Waals surface area contributed by atoms with Crippen molar-refractivity contribution in [1.82, 2.24) is 9.80 Å². The summed E-state index contributed by atoms with van der Waals surface area (Å²) >= 11 is 0. The second-order valence-corrected chi connectivity index (χ2v) is 6.76. The molecule has 1 N–H and O–H groups in total. The van der Waals surface area contributed by atoms with Crippen LogP contribution in [0.3, 0.4) is 0 Å². The van der Waals surface area contributed by atoms with Gasteiger partial charge in [0.15, 0.2) is 0 Å². The highest BCUT2D eigenvalue weighted by atomic mass is 16.3. The van der Waals surface area contributed by atoms with E-state index in [4.69, 9.17) is 0 Å². The second-order valence-electron chi connectivity index (χ2n) is 6.76. The molecule has 0 radical (unpaired) electrons. The van der Waals surface area contributed by atoms with Crippen LogP contribution in [0.15, 0.2) is 0 Å². The van der Waals surface area contributed by atoms with Gasteiger partial charge >= 0.3 is 0 Å². The number of aliphatic hydroxyl groups is 1. The van der Waals surface area contributed by atoms with Gasteiger partial charge in [-0.2, -0.15) is 0 Å². The van der Waals surface area contributed by atoms with Crippen molar-refractivity contribution in [2.75, 3.05) is 13.6 Å². The number of piperidine rings is 1. The van der Waals surface area contributed by atoms with Crippen molar-refractivity contribution in [3.8, 4) is 0 Å². The van der Waals surface area contributed by atoms with E-state index in [1.54, 1.807) is 0 Å². The third-order valence-electron chi connectivity index (χ3n) is 5.13. The van der Waals surface area contributed by atoms with Crippen LogP contribution in [-0.2, 0) is 4.79 Å². The average molecular weight is 282 g/mol. The minimum absolute atomic E-state index is 0.156. The number of carbonyl (C=O) groups excluding carboxylic acids is 1. The van der Waals surface area contributed by atoms with Crippen molar-refractivity contribution in [2.45, 2.75) is 83.0 Å². The maximum Gasteiger partial charge on any atom is 0.237 e. The largest absolute Gasteiger partial charge is 0.391 e. The highest BCUT2D eigenvalue weighted by molar-refractivity contribution is 5.79. The molecule has 0 aromatic heterocycles. The van der Waals surface area contributed by atoms with Crippen molar-refractivity contribution >= 4 is 5.91 Å². The Morgan fingerprint density at radius 1 is 1.10 bits per heavy atom. The number of likely N-dealkylation sites (tertiary alicyclic amines) is 1. The molecule has 0 spiro atoms. The van der Waals surface area contributed by atoms with Gasteiger partial charge in [0.05, 0.1) is 12.6 Å². The molecule has 2 rings (SSSR count). The molecule has 0 aromatic carbocycles. The SMILES string of the molecule is CC1CCCC(C)N1C(=O)CN(C)C1CCCCC1O. The lowest BCUT2D eigenvalue weighted by atomic mass is 9.91. The summed E-state index contributed by atoms with van der Waals surface area (Å²) in [6.07, 6.45) is 7.35. The molecule has 1 saturated heterocycles. The van der Waals surface area contributed by atoms with Crippen molar-refractivity contribution in [3.05, 3.63) is 0 Å². The minimum Gasteiger partial charge on any atom is -0.391 e. The average Bonchev–Trinajstić information content (AvgIpc) is 2.38. The summed E-state index contributed by atoms with van der Waals surface area (Å²) in [5, 5.41) is 10.1. The Bertz CT molecular complexity index is 324. The molecule has 1 amide bonds. The predicted octanol–water partition coefficient (Wildman–Crippen LogP) is 2.01. The normalized spacial score (nSPS) is 35.4. The van der Waals surface area contributed by atoms with E-state index in [0.717, 1.165) is 38.5 Å². The first-order valence-electron chi connectivity index (χ1n) is 8.20. The molecule has 2 fully saturated rings. The van der Waals surface area contributed by atoms with E-state index < -0.39 is 0 Å². The fraction of sp³-hybridized carbons (Fsp3) is 0.938. The van der Waals surface area contributed by atoms with Crippen LogP contribution in [0, 0.1) is 0 Å². The number of hydrogen-bond acceptors (Lipinski definition) is 3. The van der Waals surface area contributed by atoms with Crippen molar-refractivity contribution in [1.29, 1.82) is 0 Å². The van der Waals surface area contributed by atoms with Gasteiger partial charge in [-0.3, -0.25) is 9.69 Å². The van der Waals surface area contributed by atoms with Gasteiger partial charge in [0, 0.05) is 18.1 Å². The van der Waals surface area contributed by atoms with Gasteiger partial charge in [0.1, 0.15) is 0 Å². The van der Waals surface area contributed by atoms with Gasteiger partial charge in [-0.25, -0.2) is 0 Å². The summed E-state index contributed by atoms with van der Waals surface area (Å²) in [6, 6.07) is 0.870. The summed E-state index contributed by atoms with van der Waals surface area (Å²) in [4.78, 5) is 16.7. The number of nitrogens with zero attached hydrogens (tertiary/aromatic N) is 2. The molecule has 4 atom stereocenters. The molecule has 4 unspecified atom stereocenters. The van der Waals surface area contributed by atoms with Crippen LogP contribution in [0.4, 0.5) is 0 Å². The fourth-order valence-corrected chi connectivity index (χ4v) is 3.93. The predicted molar refractivity (Wildman–Crippen MR) is 80.5 cm³/mol. The summed E-state index contributed by atoms with van der Waals surface area (Å²) < 4.78 is 0. The fourth-order valence-electron chi connectivity index (χ4n) is 3.93. The molecule has 1 aliphatic heterocycles. The first-order valence-corrected chi connectivity index (χ1v) is 8.20. The van der Waals surface area contributed by atoms with Crippen LogP contribution >= 0.6 is 0 Å². The van der Waals surface area contributed by atoms with Crippen LogP contribution in [-0.4, -0.2) is 58.6 Å². The molecule has 4 heteroatoms. The number of likely N-dealkylation sites (N-methyl/N-ethyl adjacent to an activating group) is 1. The number of rotatable bonds is 3. The van der Waals surface area contributed by atoms with E-state index in [-0.39, 0.29) is 18.1 Å². The summed E-state index contributed by atoms with van der Waals surface area (Å²) in [5.74, 6) is 0.227. The third kappa shape index (κ3) is 3.53. The molecule has 1 aliphatic carbocycles. The Labute approximate surface area is 123 Å². The maximum absolute atomic E-state index is 12.6. The molecule has 0 bridgehead atoms. The summed E-state index contributed by atoms with van der Waals surface area (Å²) in [6.45, 7) is 4.75. The van der Waals surface area contributed by atoms with Gasteiger partial charge in [-0.1, -0.05) is 12.8 Å². The Morgan fingerprint density at radius 3 is 2.30 bits per heavy atom. The summed E-state index contributed by atoms with van der Waals surface area (Å²) in [5.41, 5.74) is 0. The quantitative estimate of drug-likeness (QED) is 0.861. The highest BCUT2D eigenvalue weighted by Gasteiger charge is 2.32. The number of amides is 1. The first-order chi connectivity index (χ1) is 9.50.